The Hall–Kier alpha value is -3.81. The number of piperazine rings is 1. The zero-order valence-corrected chi connectivity index (χ0v) is 17.5. The van der Waals surface area contributed by atoms with E-state index in [9.17, 15) is 14.9 Å². The molecule has 2 aromatic carbocycles. The van der Waals surface area contributed by atoms with Crippen molar-refractivity contribution in [1.82, 2.24) is 14.9 Å². The number of rotatable bonds is 4. The molecule has 1 saturated heterocycles. The van der Waals surface area contributed by atoms with E-state index < -0.39 is 4.92 Å². The van der Waals surface area contributed by atoms with Gasteiger partial charge < -0.3 is 9.80 Å². The molecule has 3 aromatic rings. The monoisotopic (exact) mass is 417 g/mol. The standard InChI is InChI=1S/C23H23N5O3/c1-16-14-19(8-9-21(16)28(30)31)23(29)27-12-10-26(11-13-27)22-15-20(24-17(2)25-22)18-6-4-3-5-7-18/h3-9,14-15H,10-13H2,1-2H3. The highest BCUT2D eigenvalue weighted by atomic mass is 16.6. The number of amides is 1. The number of anilines is 1. The van der Waals surface area contributed by atoms with E-state index in [-0.39, 0.29) is 11.6 Å². The number of nitro benzene ring substituents is 1. The third-order valence-electron chi connectivity index (χ3n) is 5.43. The molecule has 0 radical (unpaired) electrons. The van der Waals surface area contributed by atoms with Crippen molar-refractivity contribution in [1.29, 1.82) is 0 Å². The Labute approximate surface area is 180 Å². The van der Waals surface area contributed by atoms with Gasteiger partial charge in [-0.15, -0.1) is 0 Å². The van der Waals surface area contributed by atoms with Gasteiger partial charge in [0.25, 0.3) is 11.6 Å². The van der Waals surface area contributed by atoms with Gasteiger partial charge in [0.1, 0.15) is 11.6 Å². The van der Waals surface area contributed by atoms with Crippen LogP contribution in [0.2, 0.25) is 0 Å². The molecule has 0 saturated carbocycles. The highest BCUT2D eigenvalue weighted by Crippen LogP contribution is 2.24. The number of carbonyl (C=O) groups excluding carboxylic acids is 1. The van der Waals surface area contributed by atoms with Gasteiger partial charge in [0.2, 0.25) is 0 Å². The van der Waals surface area contributed by atoms with Gasteiger partial charge in [-0.1, -0.05) is 30.3 Å². The Balaban J connectivity index is 1.47. The van der Waals surface area contributed by atoms with Crippen molar-refractivity contribution in [3.63, 3.8) is 0 Å². The van der Waals surface area contributed by atoms with Crippen molar-refractivity contribution < 1.29 is 9.72 Å². The fourth-order valence-electron chi connectivity index (χ4n) is 3.79. The summed E-state index contributed by atoms with van der Waals surface area (Å²) in [4.78, 5) is 36.6. The smallest absolute Gasteiger partial charge is 0.272 e. The SMILES string of the molecule is Cc1nc(-c2ccccc2)cc(N2CCN(C(=O)c3ccc([N+](=O)[O-])c(C)c3)CC2)n1. The fraction of sp³-hybridized carbons (Fsp3) is 0.261. The minimum atomic E-state index is -0.435. The molecular formula is C23H23N5O3. The predicted octanol–water partition coefficient (Wildman–Crippen LogP) is 3.63. The van der Waals surface area contributed by atoms with E-state index in [2.05, 4.69) is 14.9 Å². The van der Waals surface area contributed by atoms with Crippen LogP contribution in [0.15, 0.2) is 54.6 Å². The Kier molecular flexibility index (Phi) is 5.62. The highest BCUT2D eigenvalue weighted by Gasteiger charge is 2.24. The maximum atomic E-state index is 12.9. The number of hydrogen-bond acceptors (Lipinski definition) is 6. The summed E-state index contributed by atoms with van der Waals surface area (Å²) in [7, 11) is 0. The lowest BCUT2D eigenvalue weighted by Crippen LogP contribution is -2.49. The Morgan fingerprint density at radius 2 is 1.68 bits per heavy atom. The molecule has 158 valence electrons. The summed E-state index contributed by atoms with van der Waals surface area (Å²) in [5.41, 5.74) is 2.90. The summed E-state index contributed by atoms with van der Waals surface area (Å²) in [5, 5.41) is 11.0. The third kappa shape index (κ3) is 4.37. The molecule has 1 fully saturated rings. The first-order valence-corrected chi connectivity index (χ1v) is 10.1. The van der Waals surface area contributed by atoms with Gasteiger partial charge in [-0.25, -0.2) is 9.97 Å². The molecule has 1 aromatic heterocycles. The maximum Gasteiger partial charge on any atom is 0.272 e. The quantitative estimate of drug-likeness (QED) is 0.475. The number of nitrogens with zero attached hydrogens (tertiary/aromatic N) is 5. The van der Waals surface area contributed by atoms with Gasteiger partial charge in [0.05, 0.1) is 10.6 Å². The topological polar surface area (TPSA) is 92.5 Å². The average molecular weight is 417 g/mol. The van der Waals surface area contributed by atoms with Crippen LogP contribution in [0.1, 0.15) is 21.7 Å². The third-order valence-corrected chi connectivity index (χ3v) is 5.43. The first kappa shape index (κ1) is 20.5. The maximum absolute atomic E-state index is 12.9. The summed E-state index contributed by atoms with van der Waals surface area (Å²) in [6.07, 6.45) is 0. The minimum Gasteiger partial charge on any atom is -0.353 e. The van der Waals surface area contributed by atoms with Gasteiger partial charge in [0.15, 0.2) is 0 Å². The van der Waals surface area contributed by atoms with Crippen LogP contribution in [0.5, 0.6) is 0 Å². The molecule has 0 aliphatic carbocycles. The molecule has 1 amide bonds. The lowest BCUT2D eigenvalue weighted by Gasteiger charge is -2.35. The molecule has 0 spiro atoms. The molecule has 0 bridgehead atoms. The van der Waals surface area contributed by atoms with Crippen molar-refractivity contribution in [2.75, 3.05) is 31.1 Å². The van der Waals surface area contributed by atoms with E-state index in [0.717, 1.165) is 17.1 Å². The van der Waals surface area contributed by atoms with Gasteiger partial charge in [-0.3, -0.25) is 14.9 Å². The molecule has 8 nitrogen and oxygen atoms in total. The van der Waals surface area contributed by atoms with Crippen molar-refractivity contribution in [2.45, 2.75) is 13.8 Å². The average Bonchev–Trinajstić information content (AvgIpc) is 2.78. The van der Waals surface area contributed by atoms with Crippen LogP contribution >= 0.6 is 0 Å². The van der Waals surface area contributed by atoms with Gasteiger partial charge in [-0.05, 0) is 26.0 Å². The fourth-order valence-corrected chi connectivity index (χ4v) is 3.79. The summed E-state index contributed by atoms with van der Waals surface area (Å²) in [5.74, 6) is 1.45. The number of aromatic nitrogens is 2. The number of benzene rings is 2. The Bertz CT molecular complexity index is 1130. The van der Waals surface area contributed by atoms with E-state index in [1.54, 1.807) is 17.9 Å². The first-order valence-electron chi connectivity index (χ1n) is 10.1. The van der Waals surface area contributed by atoms with Gasteiger partial charge >= 0.3 is 0 Å². The van der Waals surface area contributed by atoms with Crippen LogP contribution < -0.4 is 4.90 Å². The summed E-state index contributed by atoms with van der Waals surface area (Å²) in [6, 6.07) is 16.5. The van der Waals surface area contributed by atoms with Crippen LogP contribution in [0.25, 0.3) is 11.3 Å². The van der Waals surface area contributed by atoms with Crippen LogP contribution in [-0.2, 0) is 0 Å². The predicted molar refractivity (Wildman–Crippen MR) is 118 cm³/mol. The zero-order valence-electron chi connectivity index (χ0n) is 17.5. The summed E-state index contributed by atoms with van der Waals surface area (Å²) < 4.78 is 0. The second-order valence-electron chi connectivity index (χ2n) is 7.56. The van der Waals surface area contributed by atoms with Gasteiger partial charge in [0, 0.05) is 55.0 Å². The largest absolute Gasteiger partial charge is 0.353 e. The Morgan fingerprint density at radius 3 is 2.32 bits per heavy atom. The van der Waals surface area contributed by atoms with E-state index in [1.165, 1.54) is 12.1 Å². The van der Waals surface area contributed by atoms with Crippen LogP contribution in [0.4, 0.5) is 11.5 Å². The number of nitro groups is 1. The van der Waals surface area contributed by atoms with Crippen molar-refractivity contribution in [3.05, 3.63) is 81.7 Å². The molecule has 0 unspecified atom stereocenters. The Morgan fingerprint density at radius 1 is 0.968 bits per heavy atom. The molecule has 1 aliphatic rings. The van der Waals surface area contributed by atoms with E-state index in [1.807, 2.05) is 43.3 Å². The lowest BCUT2D eigenvalue weighted by molar-refractivity contribution is -0.385. The summed E-state index contributed by atoms with van der Waals surface area (Å²) >= 11 is 0. The molecule has 4 rings (SSSR count). The number of hydrogen-bond donors (Lipinski definition) is 0. The second kappa shape index (κ2) is 8.51. The van der Waals surface area contributed by atoms with Crippen LogP contribution in [0.3, 0.4) is 0 Å². The van der Waals surface area contributed by atoms with Gasteiger partial charge in [-0.2, -0.15) is 0 Å². The number of aryl methyl sites for hydroxylation is 2. The minimum absolute atomic E-state index is 0.0229. The molecule has 2 heterocycles. The van der Waals surface area contributed by atoms with Crippen molar-refractivity contribution >= 4 is 17.4 Å². The highest BCUT2D eigenvalue weighted by molar-refractivity contribution is 5.95. The molecular weight excluding hydrogens is 394 g/mol. The second-order valence-corrected chi connectivity index (χ2v) is 7.56. The normalized spacial score (nSPS) is 13.9. The van der Waals surface area contributed by atoms with E-state index >= 15 is 0 Å². The summed E-state index contributed by atoms with van der Waals surface area (Å²) in [6.45, 7) is 5.95. The first-order chi connectivity index (χ1) is 14.9. The van der Waals surface area contributed by atoms with E-state index in [0.29, 0.717) is 43.1 Å². The molecule has 0 atom stereocenters. The molecule has 31 heavy (non-hydrogen) atoms. The van der Waals surface area contributed by atoms with Crippen LogP contribution in [0, 0.1) is 24.0 Å². The van der Waals surface area contributed by atoms with E-state index in [4.69, 9.17) is 0 Å². The molecule has 0 N–H and O–H groups in total. The molecule has 8 heteroatoms. The zero-order chi connectivity index (χ0) is 22.0. The lowest BCUT2D eigenvalue weighted by atomic mass is 10.1. The van der Waals surface area contributed by atoms with Crippen LogP contribution in [-0.4, -0.2) is 51.9 Å². The molecule has 1 aliphatic heterocycles. The number of carbonyl (C=O) groups is 1. The van der Waals surface area contributed by atoms with Crippen molar-refractivity contribution in [2.24, 2.45) is 0 Å². The van der Waals surface area contributed by atoms with Crippen molar-refractivity contribution in [3.8, 4) is 11.3 Å².